The Morgan fingerprint density at radius 3 is 1.40 bits per heavy atom. The van der Waals surface area contributed by atoms with Crippen LogP contribution in [0.5, 0.6) is 11.5 Å². The Labute approximate surface area is 418 Å². The number of ether oxygens (including phenoxy) is 1. The highest BCUT2D eigenvalue weighted by molar-refractivity contribution is 6.13. The van der Waals surface area contributed by atoms with Gasteiger partial charge in [0.25, 0.3) is 0 Å². The second-order valence-electron chi connectivity index (χ2n) is 19.2. The molecule has 338 valence electrons. The highest BCUT2D eigenvalue weighted by Gasteiger charge is 2.53. The largest absolute Gasteiger partial charge is 0.457 e. The second kappa shape index (κ2) is 14.8. The maximum Gasteiger partial charge on any atom is 0.132 e. The Kier molecular flexibility index (Phi) is 8.04. The molecular weight excluding hydrogens is 893 g/mol. The number of hydrogen-bond donors (Lipinski definition) is 0. The highest BCUT2D eigenvalue weighted by Crippen LogP contribution is 2.62. The SMILES string of the molecule is N#Cc1ccc2c(c1)c1cc(-c3cnc4c(c3)C3(c5ccccc5Oc5ccccc53)c3cc(-n5c6ccccc6c6ccccc65)cnc3-4)ccc1n2-c1ccccc1-n1c2ccccc2c2ccccc21. The topological polar surface area (TPSA) is 73.6 Å². The molecule has 0 amide bonds. The number of pyridine rings is 2. The molecule has 1 spiro atoms. The zero-order valence-electron chi connectivity index (χ0n) is 39.0. The highest BCUT2D eigenvalue weighted by atomic mass is 16.5. The average molecular weight is 931 g/mol. The van der Waals surface area contributed by atoms with Gasteiger partial charge in [-0.2, -0.15) is 5.26 Å². The Balaban J connectivity index is 0.928. The van der Waals surface area contributed by atoms with Crippen molar-refractivity contribution in [1.82, 2.24) is 23.7 Å². The number of para-hydroxylation sites is 8. The van der Waals surface area contributed by atoms with E-state index in [-0.39, 0.29) is 0 Å². The third-order valence-electron chi connectivity index (χ3n) is 15.6. The molecule has 0 bridgehead atoms. The summed E-state index contributed by atoms with van der Waals surface area (Å²) in [6, 6.07) is 79.9. The van der Waals surface area contributed by atoms with Gasteiger partial charge in [-0.1, -0.05) is 127 Å². The Hall–Kier alpha value is -10.0. The van der Waals surface area contributed by atoms with Crippen molar-refractivity contribution in [1.29, 1.82) is 5.26 Å². The minimum Gasteiger partial charge on any atom is -0.457 e. The van der Waals surface area contributed by atoms with Gasteiger partial charge in [-0.25, -0.2) is 0 Å². The standard InChI is InChI=1S/C66H38N6O/c67-37-40-29-31-58-48(33-40)49-34-41(30-32-59(49)72(58)61-26-12-11-25-60(61)71-56-23-9-3-17-46(56)47-18-4-10-24-57(47)71)42-35-52-64(68-38-42)65-53(66(52)50-19-5-13-27-62(50)73-63-28-14-6-20-51(63)66)36-43(39-69-65)70-54-21-7-1-15-44(54)45-16-2-8-22-55(45)70/h1-36,38-39H. The molecule has 1 aliphatic carbocycles. The van der Waals surface area contributed by atoms with E-state index >= 15 is 0 Å². The van der Waals surface area contributed by atoms with Gasteiger partial charge in [0.05, 0.1) is 84.8 Å². The lowest BCUT2D eigenvalue weighted by Gasteiger charge is -2.39. The first-order valence-corrected chi connectivity index (χ1v) is 24.6. The minimum atomic E-state index is -0.820. The van der Waals surface area contributed by atoms with Crippen molar-refractivity contribution in [2.45, 2.75) is 5.41 Å². The van der Waals surface area contributed by atoms with Gasteiger partial charge in [0.2, 0.25) is 0 Å². The van der Waals surface area contributed by atoms with Gasteiger partial charge in [0.15, 0.2) is 0 Å². The van der Waals surface area contributed by atoms with Crippen LogP contribution in [0.25, 0.3) is 105 Å². The lowest BCUT2D eigenvalue weighted by Crippen LogP contribution is -2.32. The van der Waals surface area contributed by atoms with Crippen molar-refractivity contribution in [2.24, 2.45) is 0 Å². The molecule has 0 N–H and O–H groups in total. The normalized spacial score (nSPS) is 13.1. The van der Waals surface area contributed by atoms with Crippen LogP contribution in [0, 0.1) is 11.3 Å². The van der Waals surface area contributed by atoms with Crippen LogP contribution in [-0.4, -0.2) is 23.7 Å². The first-order valence-electron chi connectivity index (χ1n) is 24.6. The number of hydrogen-bond acceptors (Lipinski definition) is 4. The van der Waals surface area contributed by atoms with Crippen LogP contribution in [-0.2, 0) is 5.41 Å². The van der Waals surface area contributed by atoms with Gasteiger partial charge in [-0.05, 0) is 96.6 Å². The average Bonchev–Trinajstić information content (AvgIpc) is 4.16. The van der Waals surface area contributed by atoms with E-state index in [0.29, 0.717) is 5.56 Å². The quantitative estimate of drug-likeness (QED) is 0.176. The van der Waals surface area contributed by atoms with Crippen LogP contribution < -0.4 is 4.74 Å². The molecule has 7 nitrogen and oxygen atoms in total. The number of fused-ring (bicyclic) bond motifs is 18. The summed E-state index contributed by atoms with van der Waals surface area (Å²) in [7, 11) is 0. The molecule has 0 unspecified atom stereocenters. The molecule has 5 aromatic heterocycles. The summed E-state index contributed by atoms with van der Waals surface area (Å²) in [6.07, 6.45) is 4.01. The Morgan fingerprint density at radius 2 is 0.822 bits per heavy atom. The number of aromatic nitrogens is 5. The number of benzene rings is 9. The van der Waals surface area contributed by atoms with E-state index in [0.717, 1.165) is 117 Å². The molecule has 9 aromatic carbocycles. The van der Waals surface area contributed by atoms with E-state index in [4.69, 9.17) is 14.7 Å². The van der Waals surface area contributed by atoms with Crippen LogP contribution in [0.1, 0.15) is 27.8 Å². The van der Waals surface area contributed by atoms with Gasteiger partial charge >= 0.3 is 0 Å². The van der Waals surface area contributed by atoms with Crippen LogP contribution in [0.2, 0.25) is 0 Å². The van der Waals surface area contributed by atoms with E-state index in [9.17, 15) is 5.26 Å². The van der Waals surface area contributed by atoms with Gasteiger partial charge in [-0.3, -0.25) is 9.97 Å². The summed E-state index contributed by atoms with van der Waals surface area (Å²) >= 11 is 0. The van der Waals surface area contributed by atoms with Crippen molar-refractivity contribution in [3.63, 3.8) is 0 Å². The lowest BCUT2D eigenvalue weighted by molar-refractivity contribution is 0.436. The van der Waals surface area contributed by atoms with Crippen LogP contribution >= 0.6 is 0 Å². The van der Waals surface area contributed by atoms with Crippen molar-refractivity contribution in [3.8, 4) is 57.1 Å². The molecule has 7 heteroatoms. The van der Waals surface area contributed by atoms with Gasteiger partial charge in [-0.15, -0.1) is 0 Å². The van der Waals surface area contributed by atoms with Gasteiger partial charge < -0.3 is 18.4 Å². The molecular formula is C66H38N6O. The Bertz CT molecular complexity index is 4600. The smallest absolute Gasteiger partial charge is 0.132 e. The van der Waals surface area contributed by atoms with Crippen LogP contribution in [0.4, 0.5) is 0 Å². The van der Waals surface area contributed by atoms with Crippen molar-refractivity contribution in [2.75, 3.05) is 0 Å². The number of rotatable bonds is 4. The van der Waals surface area contributed by atoms with E-state index in [1.165, 1.54) is 21.5 Å². The molecule has 16 rings (SSSR count). The lowest BCUT2D eigenvalue weighted by atomic mass is 9.66. The van der Waals surface area contributed by atoms with Crippen molar-refractivity contribution in [3.05, 3.63) is 259 Å². The monoisotopic (exact) mass is 930 g/mol. The zero-order chi connectivity index (χ0) is 47.9. The first-order chi connectivity index (χ1) is 36.2. The van der Waals surface area contributed by atoms with Gasteiger partial charge in [0.1, 0.15) is 11.5 Å². The summed E-state index contributed by atoms with van der Waals surface area (Å²) in [4.78, 5) is 10.8. The predicted octanol–water partition coefficient (Wildman–Crippen LogP) is 15.8. The molecule has 73 heavy (non-hydrogen) atoms. The number of nitrogens with zero attached hydrogens (tertiary/aromatic N) is 6. The molecule has 2 aliphatic rings. The third-order valence-corrected chi connectivity index (χ3v) is 15.6. The van der Waals surface area contributed by atoms with E-state index < -0.39 is 5.41 Å². The second-order valence-corrected chi connectivity index (χ2v) is 19.2. The van der Waals surface area contributed by atoms with E-state index in [1.807, 2.05) is 36.7 Å². The third kappa shape index (κ3) is 5.30. The van der Waals surface area contributed by atoms with Crippen LogP contribution in [0.3, 0.4) is 0 Å². The molecule has 6 heterocycles. The van der Waals surface area contributed by atoms with Crippen molar-refractivity contribution >= 4 is 65.4 Å². The van der Waals surface area contributed by atoms with Crippen molar-refractivity contribution < 1.29 is 4.74 Å². The molecule has 14 aromatic rings. The summed E-state index contributed by atoms with van der Waals surface area (Å²) in [5, 5.41) is 17.1. The Morgan fingerprint density at radius 1 is 0.370 bits per heavy atom. The first kappa shape index (κ1) is 39.8. The molecule has 0 atom stereocenters. The fourth-order valence-electron chi connectivity index (χ4n) is 12.6. The van der Waals surface area contributed by atoms with Crippen LogP contribution in [0.15, 0.2) is 231 Å². The summed E-state index contributed by atoms with van der Waals surface area (Å²) in [6.45, 7) is 0. The molecule has 0 fully saturated rings. The molecule has 0 radical (unpaired) electrons. The fraction of sp³-hybridized carbons (Fsp3) is 0.0152. The molecule has 1 aliphatic heterocycles. The molecule has 0 saturated heterocycles. The summed E-state index contributed by atoms with van der Waals surface area (Å²) < 4.78 is 13.9. The summed E-state index contributed by atoms with van der Waals surface area (Å²) in [5.41, 5.74) is 17.3. The summed E-state index contributed by atoms with van der Waals surface area (Å²) in [5.74, 6) is 1.60. The van der Waals surface area contributed by atoms with E-state index in [1.54, 1.807) is 0 Å². The van der Waals surface area contributed by atoms with E-state index in [2.05, 4.69) is 214 Å². The van der Waals surface area contributed by atoms with Gasteiger partial charge in [0, 0.05) is 66.3 Å². The number of nitriles is 1. The fourth-order valence-corrected chi connectivity index (χ4v) is 12.6. The minimum absolute atomic E-state index is 0.608. The predicted molar refractivity (Wildman–Crippen MR) is 293 cm³/mol. The maximum absolute atomic E-state index is 10.3. The zero-order valence-corrected chi connectivity index (χ0v) is 39.0. The maximum atomic E-state index is 10.3. The molecule has 0 saturated carbocycles.